The van der Waals surface area contributed by atoms with Gasteiger partial charge in [-0.2, -0.15) is 0 Å². The summed E-state index contributed by atoms with van der Waals surface area (Å²) >= 11 is 0.899. The van der Waals surface area contributed by atoms with Gasteiger partial charge in [0, 0.05) is 23.5 Å². The van der Waals surface area contributed by atoms with Crippen LogP contribution in [0.15, 0.2) is 65.6 Å². The van der Waals surface area contributed by atoms with E-state index in [0.29, 0.717) is 23.6 Å². The molecule has 0 atom stereocenters. The molecule has 0 saturated carbocycles. The Balaban J connectivity index is 1.45. The van der Waals surface area contributed by atoms with E-state index in [-0.39, 0.29) is 23.4 Å². The maximum atomic E-state index is 12.9. The maximum Gasteiger partial charge on any atom is 0.293 e. The van der Waals surface area contributed by atoms with Crippen LogP contribution in [0.3, 0.4) is 0 Å². The molecule has 1 fully saturated rings. The molecule has 4 rings (SSSR count). The van der Waals surface area contributed by atoms with E-state index in [1.54, 1.807) is 18.2 Å². The van der Waals surface area contributed by atoms with Crippen LogP contribution in [-0.2, 0) is 17.9 Å². The van der Waals surface area contributed by atoms with Crippen molar-refractivity contribution >= 4 is 34.7 Å². The zero-order chi connectivity index (χ0) is 24.2. The fourth-order valence-corrected chi connectivity index (χ4v) is 4.60. The van der Waals surface area contributed by atoms with Gasteiger partial charge in [0.05, 0.1) is 22.9 Å². The lowest BCUT2D eigenvalue weighted by Gasteiger charge is -2.12. The van der Waals surface area contributed by atoms with Crippen LogP contribution in [0.1, 0.15) is 22.5 Å². The first-order valence-electron chi connectivity index (χ1n) is 10.7. The minimum absolute atomic E-state index is 0.0395. The molecule has 0 bridgehead atoms. The number of non-ortho nitro benzene ring substituents is 1. The second kappa shape index (κ2) is 9.96. The average Bonchev–Trinajstić information content (AvgIpc) is 3.24. The van der Waals surface area contributed by atoms with E-state index in [4.69, 9.17) is 4.74 Å². The Hall–Kier alpha value is -3.85. The molecule has 8 nitrogen and oxygen atoms in total. The van der Waals surface area contributed by atoms with Crippen LogP contribution in [0.4, 0.5) is 10.5 Å². The Morgan fingerprint density at radius 1 is 1.06 bits per heavy atom. The highest BCUT2D eigenvalue weighted by molar-refractivity contribution is 8.18. The summed E-state index contributed by atoms with van der Waals surface area (Å²) in [7, 11) is 0. The molecule has 1 aliphatic rings. The van der Waals surface area contributed by atoms with Gasteiger partial charge < -0.3 is 9.30 Å². The highest BCUT2D eigenvalue weighted by Crippen LogP contribution is 2.34. The second-order valence-electron chi connectivity index (χ2n) is 7.83. The lowest BCUT2D eigenvalue weighted by Crippen LogP contribution is -2.27. The molecule has 2 heterocycles. The molecule has 2 aromatic carbocycles. The van der Waals surface area contributed by atoms with Crippen molar-refractivity contribution in [2.45, 2.75) is 26.9 Å². The van der Waals surface area contributed by atoms with Crippen molar-refractivity contribution in [1.29, 1.82) is 0 Å². The number of nitro benzene ring substituents is 1. The Morgan fingerprint density at radius 2 is 1.76 bits per heavy atom. The van der Waals surface area contributed by atoms with Gasteiger partial charge in [-0.15, -0.1) is 0 Å². The molecule has 1 saturated heterocycles. The first-order chi connectivity index (χ1) is 16.3. The summed E-state index contributed by atoms with van der Waals surface area (Å²) < 4.78 is 7.92. The number of imide groups is 1. The fourth-order valence-electron chi connectivity index (χ4n) is 3.77. The van der Waals surface area contributed by atoms with Crippen molar-refractivity contribution < 1.29 is 19.2 Å². The molecular weight excluding hydrogens is 454 g/mol. The van der Waals surface area contributed by atoms with Crippen LogP contribution in [0.2, 0.25) is 0 Å². The zero-order valence-electron chi connectivity index (χ0n) is 18.8. The first kappa shape index (κ1) is 23.3. The number of aromatic nitrogens is 1. The summed E-state index contributed by atoms with van der Waals surface area (Å²) in [6.07, 6.45) is 1.75. The van der Waals surface area contributed by atoms with Gasteiger partial charge in [-0.3, -0.25) is 24.6 Å². The Morgan fingerprint density at radius 3 is 2.44 bits per heavy atom. The first-order valence-corrected chi connectivity index (χ1v) is 11.5. The third kappa shape index (κ3) is 5.04. The van der Waals surface area contributed by atoms with E-state index in [0.717, 1.165) is 39.4 Å². The highest BCUT2D eigenvalue weighted by Gasteiger charge is 2.35. The van der Waals surface area contributed by atoms with Crippen LogP contribution in [0, 0.1) is 24.0 Å². The van der Waals surface area contributed by atoms with Gasteiger partial charge in [-0.1, -0.05) is 30.3 Å². The number of ether oxygens (including phenoxy) is 1. The van der Waals surface area contributed by atoms with Crippen LogP contribution < -0.4 is 4.74 Å². The van der Waals surface area contributed by atoms with E-state index in [1.165, 1.54) is 12.1 Å². The Kier molecular flexibility index (Phi) is 6.83. The number of benzene rings is 2. The number of rotatable bonds is 8. The Labute approximate surface area is 201 Å². The summed E-state index contributed by atoms with van der Waals surface area (Å²) in [5.74, 6) is 0.442. The number of thioether (sulfide) groups is 1. The number of amides is 2. The number of aryl methyl sites for hydroxylation is 1. The van der Waals surface area contributed by atoms with Crippen molar-refractivity contribution in [3.63, 3.8) is 0 Å². The molecule has 1 aromatic heterocycles. The van der Waals surface area contributed by atoms with Crippen molar-refractivity contribution in [3.05, 3.63) is 98.2 Å². The number of para-hydroxylation sites is 1. The highest BCUT2D eigenvalue weighted by atomic mass is 32.2. The van der Waals surface area contributed by atoms with E-state index < -0.39 is 4.92 Å². The number of hydrogen-bond acceptors (Lipinski definition) is 6. The standard InChI is InChI=1S/C25H23N3O5S/c1-17-14-20(18(2)26(17)12-13-33-22-6-4-3-5-7-22)15-23-24(29)27(25(30)34-23)16-19-8-10-21(11-9-19)28(31)32/h3-11,14-15H,12-13,16H2,1-2H3/b23-15-. The average molecular weight is 478 g/mol. The van der Waals surface area contributed by atoms with Gasteiger partial charge in [-0.05, 0) is 61.0 Å². The largest absolute Gasteiger partial charge is 0.492 e. The summed E-state index contributed by atoms with van der Waals surface area (Å²) in [6, 6.07) is 17.4. The van der Waals surface area contributed by atoms with Crippen LogP contribution in [0.25, 0.3) is 6.08 Å². The van der Waals surface area contributed by atoms with Crippen LogP contribution in [0.5, 0.6) is 5.75 Å². The molecule has 0 unspecified atom stereocenters. The molecule has 0 radical (unpaired) electrons. The SMILES string of the molecule is Cc1cc(/C=C2\SC(=O)N(Cc3ccc([N+](=O)[O-])cc3)C2=O)c(C)n1CCOc1ccccc1. The van der Waals surface area contributed by atoms with E-state index in [1.807, 2.05) is 50.2 Å². The van der Waals surface area contributed by atoms with Crippen molar-refractivity contribution in [1.82, 2.24) is 9.47 Å². The fraction of sp³-hybridized carbons (Fsp3) is 0.200. The zero-order valence-corrected chi connectivity index (χ0v) is 19.6. The number of carbonyl (C=O) groups is 2. The molecule has 0 N–H and O–H groups in total. The molecule has 0 aliphatic carbocycles. The third-order valence-corrected chi connectivity index (χ3v) is 6.50. The van der Waals surface area contributed by atoms with Gasteiger partial charge in [-0.25, -0.2) is 0 Å². The second-order valence-corrected chi connectivity index (χ2v) is 8.82. The van der Waals surface area contributed by atoms with Crippen molar-refractivity contribution in [2.75, 3.05) is 6.61 Å². The van der Waals surface area contributed by atoms with Crippen LogP contribution >= 0.6 is 11.8 Å². The molecule has 174 valence electrons. The number of carbonyl (C=O) groups excluding carboxylic acids is 2. The maximum absolute atomic E-state index is 12.9. The number of nitro groups is 1. The smallest absolute Gasteiger partial charge is 0.293 e. The predicted octanol–water partition coefficient (Wildman–Crippen LogP) is 5.33. The van der Waals surface area contributed by atoms with Crippen molar-refractivity contribution in [2.24, 2.45) is 0 Å². The van der Waals surface area contributed by atoms with Crippen LogP contribution in [-0.4, -0.2) is 32.1 Å². The summed E-state index contributed by atoms with van der Waals surface area (Å²) in [5.41, 5.74) is 3.49. The molecule has 1 aliphatic heterocycles. The van der Waals surface area contributed by atoms with E-state index >= 15 is 0 Å². The summed E-state index contributed by atoms with van der Waals surface area (Å²) in [6.45, 7) is 5.19. The summed E-state index contributed by atoms with van der Waals surface area (Å²) in [5, 5.41) is 10.5. The number of nitrogens with zero attached hydrogens (tertiary/aromatic N) is 3. The van der Waals surface area contributed by atoms with Gasteiger partial charge in [0.1, 0.15) is 12.4 Å². The molecule has 0 spiro atoms. The van der Waals surface area contributed by atoms with Crippen molar-refractivity contribution in [3.8, 4) is 5.75 Å². The van der Waals surface area contributed by atoms with Gasteiger partial charge >= 0.3 is 0 Å². The van der Waals surface area contributed by atoms with E-state index in [2.05, 4.69) is 4.57 Å². The minimum atomic E-state index is -0.489. The lowest BCUT2D eigenvalue weighted by atomic mass is 10.2. The van der Waals surface area contributed by atoms with Gasteiger partial charge in [0.25, 0.3) is 16.8 Å². The Bertz CT molecular complexity index is 1270. The normalized spacial score (nSPS) is 14.8. The predicted molar refractivity (Wildman–Crippen MR) is 130 cm³/mol. The minimum Gasteiger partial charge on any atom is -0.492 e. The molecule has 34 heavy (non-hydrogen) atoms. The summed E-state index contributed by atoms with van der Waals surface area (Å²) in [4.78, 5) is 37.3. The molecule has 9 heteroatoms. The topological polar surface area (TPSA) is 94.7 Å². The monoisotopic (exact) mass is 477 g/mol. The third-order valence-electron chi connectivity index (χ3n) is 5.59. The molecular formula is C25H23N3O5S. The lowest BCUT2D eigenvalue weighted by molar-refractivity contribution is -0.384. The molecule has 3 aromatic rings. The number of hydrogen-bond donors (Lipinski definition) is 0. The quantitative estimate of drug-likeness (QED) is 0.247. The molecule has 2 amide bonds. The van der Waals surface area contributed by atoms with Gasteiger partial charge in [0.2, 0.25) is 0 Å². The van der Waals surface area contributed by atoms with Gasteiger partial charge in [0.15, 0.2) is 0 Å². The van der Waals surface area contributed by atoms with E-state index in [9.17, 15) is 19.7 Å².